The first-order chi connectivity index (χ1) is 12.5. The Labute approximate surface area is 162 Å². The summed E-state index contributed by atoms with van der Waals surface area (Å²) in [5.74, 6) is -0.445. The first-order valence-electron chi connectivity index (χ1n) is 8.18. The third-order valence-corrected chi connectivity index (χ3v) is 5.12. The van der Waals surface area contributed by atoms with Crippen LogP contribution in [0.4, 0.5) is 5.69 Å². The summed E-state index contributed by atoms with van der Waals surface area (Å²) in [4.78, 5) is 28.5. The highest BCUT2D eigenvalue weighted by molar-refractivity contribution is 6.42. The zero-order valence-electron chi connectivity index (χ0n) is 14.2. The lowest BCUT2D eigenvalue weighted by Gasteiger charge is -2.36. The SMILES string of the molecule is COC(=O)c1ccccc1N1CCN(C(=O)c2ccc(Cl)c(Cl)c2)CC1. The largest absolute Gasteiger partial charge is 0.465 e. The molecule has 0 saturated carbocycles. The topological polar surface area (TPSA) is 49.9 Å². The molecule has 1 heterocycles. The Kier molecular flexibility index (Phi) is 5.69. The molecular formula is C19H18Cl2N2O3. The van der Waals surface area contributed by atoms with Crippen LogP contribution in [0.15, 0.2) is 42.5 Å². The zero-order valence-corrected chi connectivity index (χ0v) is 15.8. The Morgan fingerprint density at radius 1 is 0.962 bits per heavy atom. The number of amides is 1. The molecule has 1 aliphatic rings. The Morgan fingerprint density at radius 3 is 2.31 bits per heavy atom. The van der Waals surface area contributed by atoms with Crippen LogP contribution in [0.2, 0.25) is 10.0 Å². The van der Waals surface area contributed by atoms with E-state index in [9.17, 15) is 9.59 Å². The normalized spacial score (nSPS) is 14.3. The number of carbonyl (C=O) groups is 2. The number of ether oxygens (including phenoxy) is 1. The average Bonchev–Trinajstić information content (AvgIpc) is 2.69. The predicted octanol–water partition coefficient (Wildman–Crippen LogP) is 3.74. The van der Waals surface area contributed by atoms with E-state index in [0.717, 1.165) is 5.69 Å². The summed E-state index contributed by atoms with van der Waals surface area (Å²) in [5.41, 5.74) is 1.86. The van der Waals surface area contributed by atoms with Crippen LogP contribution in [0.1, 0.15) is 20.7 Å². The van der Waals surface area contributed by atoms with Crippen LogP contribution in [0.5, 0.6) is 0 Å². The highest BCUT2D eigenvalue weighted by Crippen LogP contribution is 2.25. The monoisotopic (exact) mass is 392 g/mol. The van der Waals surface area contributed by atoms with Crippen LogP contribution in [0, 0.1) is 0 Å². The number of rotatable bonds is 3. The number of para-hydroxylation sites is 1. The molecular weight excluding hydrogens is 375 g/mol. The number of esters is 1. The summed E-state index contributed by atoms with van der Waals surface area (Å²) in [6.45, 7) is 2.35. The number of halogens is 2. The van der Waals surface area contributed by atoms with Gasteiger partial charge < -0.3 is 14.5 Å². The number of piperazine rings is 1. The highest BCUT2D eigenvalue weighted by atomic mass is 35.5. The Balaban J connectivity index is 1.71. The summed E-state index contributed by atoms with van der Waals surface area (Å²) in [7, 11) is 1.37. The van der Waals surface area contributed by atoms with E-state index in [-0.39, 0.29) is 11.9 Å². The van der Waals surface area contributed by atoms with Crippen LogP contribution in [0.3, 0.4) is 0 Å². The molecule has 0 unspecified atom stereocenters. The summed E-state index contributed by atoms with van der Waals surface area (Å²) in [5, 5.41) is 0.788. The van der Waals surface area contributed by atoms with Gasteiger partial charge in [-0.1, -0.05) is 35.3 Å². The Bertz CT molecular complexity index is 833. The van der Waals surface area contributed by atoms with Crippen molar-refractivity contribution < 1.29 is 14.3 Å². The standard InChI is InChI=1S/C19H18Cl2N2O3/c1-26-19(25)14-4-2-3-5-17(14)22-8-10-23(11-9-22)18(24)13-6-7-15(20)16(21)12-13/h2-7,12H,8-11H2,1H3. The molecule has 0 bridgehead atoms. The fourth-order valence-corrected chi connectivity index (χ4v) is 3.29. The van der Waals surface area contributed by atoms with E-state index in [1.165, 1.54) is 7.11 Å². The lowest BCUT2D eigenvalue weighted by Crippen LogP contribution is -2.49. The summed E-state index contributed by atoms with van der Waals surface area (Å²) in [6.07, 6.45) is 0. The first kappa shape index (κ1) is 18.5. The molecule has 2 aromatic carbocycles. The van der Waals surface area contributed by atoms with Crippen molar-refractivity contribution in [3.63, 3.8) is 0 Å². The maximum Gasteiger partial charge on any atom is 0.339 e. The van der Waals surface area contributed by atoms with E-state index in [0.29, 0.717) is 47.4 Å². The number of hydrogen-bond donors (Lipinski definition) is 0. The number of hydrogen-bond acceptors (Lipinski definition) is 4. The lowest BCUT2D eigenvalue weighted by molar-refractivity contribution is 0.0600. The van der Waals surface area contributed by atoms with E-state index in [1.54, 1.807) is 35.2 Å². The molecule has 1 amide bonds. The van der Waals surface area contributed by atoms with Crippen LogP contribution in [-0.4, -0.2) is 50.1 Å². The maximum atomic E-state index is 12.7. The molecule has 7 heteroatoms. The van der Waals surface area contributed by atoms with Crippen molar-refractivity contribution in [1.82, 2.24) is 4.90 Å². The Hall–Kier alpha value is -2.24. The van der Waals surface area contributed by atoms with Crippen LogP contribution in [-0.2, 0) is 4.74 Å². The lowest BCUT2D eigenvalue weighted by atomic mass is 10.1. The van der Waals surface area contributed by atoms with Crippen LogP contribution >= 0.6 is 23.2 Å². The van der Waals surface area contributed by atoms with Gasteiger partial charge in [-0.3, -0.25) is 4.79 Å². The van der Waals surface area contributed by atoms with Gasteiger partial charge in [0.15, 0.2) is 0 Å². The second-order valence-electron chi connectivity index (χ2n) is 5.92. The smallest absolute Gasteiger partial charge is 0.339 e. The summed E-state index contributed by atoms with van der Waals surface area (Å²) in [6, 6.07) is 12.2. The van der Waals surface area contributed by atoms with Crippen molar-refractivity contribution in [1.29, 1.82) is 0 Å². The zero-order chi connectivity index (χ0) is 18.7. The third kappa shape index (κ3) is 3.79. The van der Waals surface area contributed by atoms with Gasteiger partial charge in [-0.15, -0.1) is 0 Å². The number of benzene rings is 2. The minimum absolute atomic E-state index is 0.0792. The average molecular weight is 393 g/mol. The van der Waals surface area contributed by atoms with Crippen LogP contribution < -0.4 is 4.90 Å². The minimum Gasteiger partial charge on any atom is -0.465 e. The van der Waals surface area contributed by atoms with Gasteiger partial charge in [-0.25, -0.2) is 4.79 Å². The molecule has 26 heavy (non-hydrogen) atoms. The van der Waals surface area contributed by atoms with Gasteiger partial charge in [-0.05, 0) is 30.3 Å². The highest BCUT2D eigenvalue weighted by Gasteiger charge is 2.25. The molecule has 5 nitrogen and oxygen atoms in total. The summed E-state index contributed by atoms with van der Waals surface area (Å²) < 4.78 is 4.85. The quantitative estimate of drug-likeness (QED) is 0.746. The van der Waals surface area contributed by atoms with Crippen molar-refractivity contribution >= 4 is 40.8 Å². The molecule has 1 fully saturated rings. The van der Waals surface area contributed by atoms with Gasteiger partial charge in [0.1, 0.15) is 0 Å². The molecule has 0 aliphatic carbocycles. The number of methoxy groups -OCH3 is 1. The Morgan fingerprint density at radius 2 is 1.65 bits per heavy atom. The van der Waals surface area contributed by atoms with Gasteiger partial charge >= 0.3 is 5.97 Å². The first-order valence-corrected chi connectivity index (χ1v) is 8.93. The van der Waals surface area contributed by atoms with E-state index < -0.39 is 0 Å². The molecule has 2 aromatic rings. The molecule has 0 N–H and O–H groups in total. The molecule has 0 atom stereocenters. The van der Waals surface area contributed by atoms with Crippen molar-refractivity contribution in [2.24, 2.45) is 0 Å². The third-order valence-electron chi connectivity index (χ3n) is 4.38. The predicted molar refractivity (Wildman–Crippen MR) is 102 cm³/mol. The fourth-order valence-electron chi connectivity index (χ4n) is 2.99. The second-order valence-corrected chi connectivity index (χ2v) is 6.73. The number of carbonyl (C=O) groups excluding carboxylic acids is 2. The molecule has 0 radical (unpaired) electrons. The summed E-state index contributed by atoms with van der Waals surface area (Å²) >= 11 is 11.9. The van der Waals surface area contributed by atoms with Gasteiger partial charge in [0.05, 0.1) is 28.4 Å². The van der Waals surface area contributed by atoms with Crippen molar-refractivity contribution in [3.8, 4) is 0 Å². The van der Waals surface area contributed by atoms with Gasteiger partial charge in [0, 0.05) is 31.7 Å². The van der Waals surface area contributed by atoms with E-state index in [2.05, 4.69) is 4.90 Å². The minimum atomic E-state index is -0.366. The number of anilines is 1. The molecule has 3 rings (SSSR count). The molecule has 1 saturated heterocycles. The second kappa shape index (κ2) is 7.98. The molecule has 0 aromatic heterocycles. The van der Waals surface area contributed by atoms with Crippen molar-refractivity contribution in [3.05, 3.63) is 63.6 Å². The van der Waals surface area contributed by atoms with E-state index in [4.69, 9.17) is 27.9 Å². The van der Waals surface area contributed by atoms with Crippen LogP contribution in [0.25, 0.3) is 0 Å². The van der Waals surface area contributed by atoms with E-state index in [1.807, 2.05) is 12.1 Å². The van der Waals surface area contributed by atoms with Crippen molar-refractivity contribution in [2.45, 2.75) is 0 Å². The van der Waals surface area contributed by atoms with Crippen molar-refractivity contribution in [2.75, 3.05) is 38.2 Å². The number of nitrogens with zero attached hydrogens (tertiary/aromatic N) is 2. The van der Waals surface area contributed by atoms with Gasteiger partial charge in [0.25, 0.3) is 5.91 Å². The van der Waals surface area contributed by atoms with Gasteiger partial charge in [-0.2, -0.15) is 0 Å². The molecule has 1 aliphatic heterocycles. The molecule has 136 valence electrons. The molecule has 0 spiro atoms. The van der Waals surface area contributed by atoms with Gasteiger partial charge in [0.2, 0.25) is 0 Å². The van der Waals surface area contributed by atoms with E-state index >= 15 is 0 Å². The fraction of sp³-hybridized carbons (Fsp3) is 0.263. The maximum absolute atomic E-state index is 12.7.